The molecule has 0 radical (unpaired) electrons. The lowest BCUT2D eigenvalue weighted by Crippen LogP contribution is -1.97. The Labute approximate surface area is 140 Å². The second-order valence-corrected chi connectivity index (χ2v) is 5.14. The molecule has 0 fully saturated rings. The van der Waals surface area contributed by atoms with Gasteiger partial charge in [-0.05, 0) is 53.8 Å². The van der Waals surface area contributed by atoms with Crippen molar-refractivity contribution in [2.45, 2.75) is 6.92 Å². The van der Waals surface area contributed by atoms with E-state index in [0.717, 1.165) is 21.9 Å². The minimum absolute atomic E-state index is 0. The summed E-state index contributed by atoms with van der Waals surface area (Å²) in [6, 6.07) is 12.6. The number of aromatic nitrogens is 1. The molecule has 0 aliphatic rings. The average Bonchev–Trinajstić information content (AvgIpc) is 2.52. The van der Waals surface area contributed by atoms with Gasteiger partial charge in [0.1, 0.15) is 5.75 Å². The van der Waals surface area contributed by atoms with Gasteiger partial charge in [-0.1, -0.05) is 24.3 Å². The first-order chi connectivity index (χ1) is 10.6. The molecule has 0 bridgehead atoms. The van der Waals surface area contributed by atoms with Crippen LogP contribution in [0.25, 0.3) is 16.8 Å². The number of fused-ring (bicyclic) bond motifs is 1. The van der Waals surface area contributed by atoms with Crippen molar-refractivity contribution >= 4 is 35.0 Å². The van der Waals surface area contributed by atoms with E-state index in [1.54, 1.807) is 30.6 Å². The molecule has 2 aromatic carbocycles. The maximum atomic E-state index is 12.3. The van der Waals surface area contributed by atoms with E-state index in [1.807, 2.05) is 37.3 Å². The number of nitrogens with zero attached hydrogens (tertiary/aromatic N) is 1. The molecule has 116 valence electrons. The summed E-state index contributed by atoms with van der Waals surface area (Å²) in [4.78, 5) is 16.4. The SMILES string of the molecule is Cc1cc(O)ccc1C(=O)/C=C/c1cccc2cnccc12.Cl. The van der Waals surface area contributed by atoms with Gasteiger partial charge in [0.15, 0.2) is 5.78 Å². The summed E-state index contributed by atoms with van der Waals surface area (Å²) in [7, 11) is 0. The van der Waals surface area contributed by atoms with Gasteiger partial charge in [0.25, 0.3) is 0 Å². The molecule has 3 rings (SSSR count). The largest absolute Gasteiger partial charge is 0.508 e. The monoisotopic (exact) mass is 325 g/mol. The van der Waals surface area contributed by atoms with Crippen molar-refractivity contribution in [3.05, 3.63) is 77.6 Å². The molecule has 0 aliphatic heterocycles. The van der Waals surface area contributed by atoms with Crippen LogP contribution in [0.5, 0.6) is 5.75 Å². The second kappa shape index (κ2) is 7.07. The van der Waals surface area contributed by atoms with Gasteiger partial charge in [0.2, 0.25) is 0 Å². The number of hydrogen-bond acceptors (Lipinski definition) is 3. The highest BCUT2D eigenvalue weighted by atomic mass is 35.5. The molecule has 0 atom stereocenters. The summed E-state index contributed by atoms with van der Waals surface area (Å²) in [5.74, 6) is 0.0862. The van der Waals surface area contributed by atoms with Crippen LogP contribution < -0.4 is 0 Å². The first-order valence-electron chi connectivity index (χ1n) is 7.00. The van der Waals surface area contributed by atoms with Gasteiger partial charge < -0.3 is 5.11 Å². The van der Waals surface area contributed by atoms with E-state index in [-0.39, 0.29) is 23.9 Å². The molecule has 23 heavy (non-hydrogen) atoms. The van der Waals surface area contributed by atoms with Gasteiger partial charge in [0, 0.05) is 23.3 Å². The zero-order valence-electron chi connectivity index (χ0n) is 12.6. The number of rotatable bonds is 3. The number of halogens is 1. The summed E-state index contributed by atoms with van der Waals surface area (Å²) in [6.07, 6.45) is 6.93. The normalized spacial score (nSPS) is 10.7. The zero-order chi connectivity index (χ0) is 15.5. The molecule has 3 nitrogen and oxygen atoms in total. The highest BCUT2D eigenvalue weighted by Gasteiger charge is 2.06. The Morgan fingerprint density at radius 2 is 2.00 bits per heavy atom. The fraction of sp³-hybridized carbons (Fsp3) is 0.0526. The van der Waals surface area contributed by atoms with Gasteiger partial charge in [0.05, 0.1) is 0 Å². The predicted molar refractivity (Wildman–Crippen MR) is 95.2 cm³/mol. The first-order valence-corrected chi connectivity index (χ1v) is 7.00. The summed E-state index contributed by atoms with van der Waals surface area (Å²) in [5, 5.41) is 11.5. The molecule has 0 unspecified atom stereocenters. The molecule has 4 heteroatoms. The number of benzene rings is 2. The maximum absolute atomic E-state index is 12.3. The molecule has 0 saturated heterocycles. The lowest BCUT2D eigenvalue weighted by molar-refractivity contribution is 0.104. The van der Waals surface area contributed by atoms with Crippen molar-refractivity contribution in [2.75, 3.05) is 0 Å². The van der Waals surface area contributed by atoms with Crippen LogP contribution in [0.4, 0.5) is 0 Å². The van der Waals surface area contributed by atoms with Crippen LogP contribution >= 0.6 is 12.4 Å². The van der Waals surface area contributed by atoms with Crippen molar-refractivity contribution in [1.82, 2.24) is 4.98 Å². The van der Waals surface area contributed by atoms with Crippen molar-refractivity contribution < 1.29 is 9.90 Å². The highest BCUT2D eigenvalue weighted by Crippen LogP contribution is 2.20. The molecular weight excluding hydrogens is 310 g/mol. The summed E-state index contributed by atoms with van der Waals surface area (Å²) in [5.41, 5.74) is 2.33. The van der Waals surface area contributed by atoms with E-state index >= 15 is 0 Å². The fourth-order valence-corrected chi connectivity index (χ4v) is 2.47. The Hall–Kier alpha value is -2.65. The topological polar surface area (TPSA) is 50.2 Å². The number of ketones is 1. The van der Waals surface area contributed by atoms with Crippen molar-refractivity contribution in [2.24, 2.45) is 0 Å². The number of pyridine rings is 1. The van der Waals surface area contributed by atoms with Crippen molar-refractivity contribution in [3.8, 4) is 5.75 Å². The Kier molecular flexibility index (Phi) is 5.14. The minimum atomic E-state index is -0.0800. The van der Waals surface area contributed by atoms with Crippen LogP contribution in [0.15, 0.2) is 60.9 Å². The standard InChI is InChI=1S/C19H15NO2.ClH/c1-13-11-16(21)6-7-17(13)19(22)8-5-14-3-2-4-15-12-20-10-9-18(14)15;/h2-12,21H,1H3;1H/b8-5+;. The summed E-state index contributed by atoms with van der Waals surface area (Å²) < 4.78 is 0. The van der Waals surface area contributed by atoms with Crippen LogP contribution in [-0.4, -0.2) is 15.9 Å². The third kappa shape index (κ3) is 3.58. The highest BCUT2D eigenvalue weighted by molar-refractivity contribution is 6.08. The van der Waals surface area contributed by atoms with E-state index in [1.165, 1.54) is 6.07 Å². The van der Waals surface area contributed by atoms with Gasteiger partial charge in [-0.3, -0.25) is 9.78 Å². The number of carbonyl (C=O) groups excluding carboxylic acids is 1. The third-order valence-electron chi connectivity index (χ3n) is 3.60. The number of phenolic OH excluding ortho intramolecular Hbond substituents is 1. The average molecular weight is 326 g/mol. The Balaban J connectivity index is 0.00000192. The van der Waals surface area contributed by atoms with Gasteiger partial charge in [-0.25, -0.2) is 0 Å². The lowest BCUT2D eigenvalue weighted by Gasteiger charge is -2.03. The van der Waals surface area contributed by atoms with Crippen LogP contribution in [0, 0.1) is 6.92 Å². The summed E-state index contributed by atoms with van der Waals surface area (Å²) in [6.45, 7) is 1.81. The molecule has 1 aromatic heterocycles. The number of carbonyl (C=O) groups is 1. The van der Waals surface area contributed by atoms with Crippen LogP contribution in [0.1, 0.15) is 21.5 Å². The Morgan fingerprint density at radius 3 is 2.78 bits per heavy atom. The minimum Gasteiger partial charge on any atom is -0.508 e. The van der Waals surface area contributed by atoms with Crippen LogP contribution in [0.2, 0.25) is 0 Å². The molecular formula is C19H16ClNO2. The van der Waals surface area contributed by atoms with Crippen LogP contribution in [0.3, 0.4) is 0 Å². The van der Waals surface area contributed by atoms with Crippen molar-refractivity contribution in [3.63, 3.8) is 0 Å². The Bertz CT molecular complexity index is 882. The lowest BCUT2D eigenvalue weighted by atomic mass is 10.0. The maximum Gasteiger partial charge on any atom is 0.186 e. The second-order valence-electron chi connectivity index (χ2n) is 5.14. The van der Waals surface area contributed by atoms with E-state index in [2.05, 4.69) is 4.98 Å². The Morgan fingerprint density at radius 1 is 1.17 bits per heavy atom. The first kappa shape index (κ1) is 16.7. The van der Waals surface area contributed by atoms with Gasteiger partial charge in [-0.2, -0.15) is 0 Å². The van der Waals surface area contributed by atoms with Gasteiger partial charge >= 0.3 is 0 Å². The smallest absolute Gasteiger partial charge is 0.186 e. The van der Waals surface area contributed by atoms with E-state index in [0.29, 0.717) is 5.56 Å². The molecule has 0 amide bonds. The molecule has 1 N–H and O–H groups in total. The fourth-order valence-electron chi connectivity index (χ4n) is 2.47. The molecule has 0 aliphatic carbocycles. The molecule has 0 spiro atoms. The number of aromatic hydroxyl groups is 1. The third-order valence-corrected chi connectivity index (χ3v) is 3.60. The van der Waals surface area contributed by atoms with Crippen LogP contribution in [-0.2, 0) is 0 Å². The van der Waals surface area contributed by atoms with Gasteiger partial charge in [-0.15, -0.1) is 12.4 Å². The van der Waals surface area contributed by atoms with E-state index in [4.69, 9.17) is 0 Å². The molecule has 0 saturated carbocycles. The number of allylic oxidation sites excluding steroid dienone is 1. The number of phenols is 1. The number of hydrogen-bond donors (Lipinski definition) is 1. The van der Waals surface area contributed by atoms with E-state index in [9.17, 15) is 9.90 Å². The van der Waals surface area contributed by atoms with Crippen molar-refractivity contribution in [1.29, 1.82) is 0 Å². The molecule has 3 aromatic rings. The van der Waals surface area contributed by atoms with E-state index < -0.39 is 0 Å². The summed E-state index contributed by atoms with van der Waals surface area (Å²) >= 11 is 0. The number of aryl methyl sites for hydroxylation is 1. The molecule has 1 heterocycles. The quantitative estimate of drug-likeness (QED) is 0.567. The predicted octanol–water partition coefficient (Wildman–Crippen LogP) is 4.57. The zero-order valence-corrected chi connectivity index (χ0v) is 13.4.